The number of primary amides is 1. The minimum absolute atomic E-state index is 0.0661. The number of amides is 1. The third kappa shape index (κ3) is 2.87. The Hall–Kier alpha value is -1.62. The molecule has 104 valence electrons. The van der Waals surface area contributed by atoms with Crippen LogP contribution in [0.5, 0.6) is 0 Å². The summed E-state index contributed by atoms with van der Waals surface area (Å²) in [6, 6.07) is 4.65. The van der Waals surface area contributed by atoms with Crippen molar-refractivity contribution in [1.29, 1.82) is 0 Å². The van der Waals surface area contributed by atoms with Crippen molar-refractivity contribution in [3.05, 3.63) is 29.6 Å². The number of hydrogen-bond acceptors (Lipinski definition) is 3. The molecule has 0 aliphatic carbocycles. The van der Waals surface area contributed by atoms with E-state index >= 15 is 0 Å². The second-order valence-corrected chi connectivity index (χ2v) is 5.13. The van der Waals surface area contributed by atoms with Gasteiger partial charge in [-0.1, -0.05) is 6.07 Å². The van der Waals surface area contributed by atoms with Gasteiger partial charge in [-0.25, -0.2) is 4.39 Å². The molecule has 0 saturated carbocycles. The van der Waals surface area contributed by atoms with Crippen LogP contribution in [0.15, 0.2) is 18.2 Å². The van der Waals surface area contributed by atoms with Crippen molar-refractivity contribution in [2.24, 2.45) is 17.4 Å². The lowest BCUT2D eigenvalue weighted by Gasteiger charge is -2.34. The number of carbonyl (C=O) groups excluding carboxylic acids is 1. The first-order valence-electron chi connectivity index (χ1n) is 6.59. The van der Waals surface area contributed by atoms with Crippen molar-refractivity contribution in [2.45, 2.75) is 25.8 Å². The summed E-state index contributed by atoms with van der Waals surface area (Å²) < 4.78 is 13.9. The van der Waals surface area contributed by atoms with Gasteiger partial charge in [0.15, 0.2) is 0 Å². The Morgan fingerprint density at radius 3 is 2.58 bits per heavy atom. The molecule has 19 heavy (non-hydrogen) atoms. The molecule has 1 atom stereocenters. The molecule has 5 heteroatoms. The van der Waals surface area contributed by atoms with E-state index < -0.39 is 0 Å². The van der Waals surface area contributed by atoms with Crippen LogP contribution in [0.3, 0.4) is 0 Å². The standard InChI is InChI=1S/C14H20FN3O/c1-9(16)13-11(15)3-2-4-12(13)18-7-5-10(6-8-18)14(17)19/h2-4,9-10H,5-8,16H2,1H3,(H2,17,19)/t9-/m0/s1. The molecule has 0 unspecified atom stereocenters. The zero-order valence-corrected chi connectivity index (χ0v) is 11.1. The maximum absolute atomic E-state index is 13.9. The van der Waals surface area contributed by atoms with Gasteiger partial charge in [0.2, 0.25) is 5.91 Å². The zero-order valence-electron chi connectivity index (χ0n) is 11.1. The van der Waals surface area contributed by atoms with Crippen LogP contribution in [0.1, 0.15) is 31.4 Å². The normalized spacial score (nSPS) is 18.4. The third-order valence-corrected chi connectivity index (χ3v) is 3.72. The average Bonchev–Trinajstić information content (AvgIpc) is 2.38. The van der Waals surface area contributed by atoms with E-state index in [4.69, 9.17) is 11.5 Å². The summed E-state index contributed by atoms with van der Waals surface area (Å²) in [5, 5.41) is 0. The van der Waals surface area contributed by atoms with Crippen molar-refractivity contribution in [3.8, 4) is 0 Å². The molecule has 4 nitrogen and oxygen atoms in total. The van der Waals surface area contributed by atoms with Gasteiger partial charge in [-0.05, 0) is 31.9 Å². The van der Waals surface area contributed by atoms with Crippen LogP contribution in [0, 0.1) is 11.7 Å². The predicted octanol–water partition coefficient (Wildman–Crippen LogP) is 1.55. The number of carbonyl (C=O) groups is 1. The van der Waals surface area contributed by atoms with E-state index in [2.05, 4.69) is 4.90 Å². The van der Waals surface area contributed by atoms with E-state index in [0.29, 0.717) is 31.5 Å². The molecule has 1 saturated heterocycles. The number of halogens is 1. The highest BCUT2D eigenvalue weighted by Gasteiger charge is 2.25. The Morgan fingerprint density at radius 2 is 2.05 bits per heavy atom. The van der Waals surface area contributed by atoms with Crippen LogP contribution in [-0.4, -0.2) is 19.0 Å². The molecule has 0 radical (unpaired) electrons. The van der Waals surface area contributed by atoms with Gasteiger partial charge in [0, 0.05) is 36.3 Å². The third-order valence-electron chi connectivity index (χ3n) is 3.72. The second-order valence-electron chi connectivity index (χ2n) is 5.13. The molecule has 1 fully saturated rings. The van der Waals surface area contributed by atoms with E-state index in [-0.39, 0.29) is 23.7 Å². The van der Waals surface area contributed by atoms with Crippen molar-refractivity contribution in [2.75, 3.05) is 18.0 Å². The highest BCUT2D eigenvalue weighted by Crippen LogP contribution is 2.30. The minimum Gasteiger partial charge on any atom is -0.371 e. The zero-order chi connectivity index (χ0) is 14.0. The van der Waals surface area contributed by atoms with Gasteiger partial charge in [-0.15, -0.1) is 0 Å². The van der Waals surface area contributed by atoms with E-state index in [9.17, 15) is 9.18 Å². The smallest absolute Gasteiger partial charge is 0.220 e. The molecular formula is C14H20FN3O. The van der Waals surface area contributed by atoms with Crippen LogP contribution in [0.4, 0.5) is 10.1 Å². The maximum Gasteiger partial charge on any atom is 0.220 e. The maximum atomic E-state index is 13.9. The Labute approximate surface area is 112 Å². The number of nitrogens with zero attached hydrogens (tertiary/aromatic N) is 1. The summed E-state index contributed by atoms with van der Waals surface area (Å²) in [6.07, 6.45) is 1.43. The Bertz CT molecular complexity index is 468. The van der Waals surface area contributed by atoms with Crippen molar-refractivity contribution < 1.29 is 9.18 Å². The molecule has 1 amide bonds. The molecule has 2 rings (SSSR count). The Balaban J connectivity index is 2.20. The molecule has 0 bridgehead atoms. The number of benzene rings is 1. The first kappa shape index (κ1) is 13.8. The van der Waals surface area contributed by atoms with Crippen LogP contribution < -0.4 is 16.4 Å². The number of nitrogens with two attached hydrogens (primary N) is 2. The number of anilines is 1. The van der Waals surface area contributed by atoms with Gasteiger partial charge in [0.1, 0.15) is 5.82 Å². The molecule has 0 spiro atoms. The topological polar surface area (TPSA) is 72.3 Å². The highest BCUT2D eigenvalue weighted by atomic mass is 19.1. The lowest BCUT2D eigenvalue weighted by Crippen LogP contribution is -2.39. The first-order chi connectivity index (χ1) is 9.00. The monoisotopic (exact) mass is 265 g/mol. The van der Waals surface area contributed by atoms with Gasteiger partial charge in [-0.2, -0.15) is 0 Å². The molecule has 1 aliphatic heterocycles. The van der Waals surface area contributed by atoms with Crippen molar-refractivity contribution in [3.63, 3.8) is 0 Å². The average molecular weight is 265 g/mol. The van der Waals surface area contributed by atoms with Crippen LogP contribution in [-0.2, 0) is 4.79 Å². The minimum atomic E-state index is -0.356. The summed E-state index contributed by atoms with van der Waals surface area (Å²) in [6.45, 7) is 3.19. The highest BCUT2D eigenvalue weighted by molar-refractivity contribution is 5.77. The largest absolute Gasteiger partial charge is 0.371 e. The SMILES string of the molecule is C[C@H](N)c1c(F)cccc1N1CCC(C(N)=O)CC1. The van der Waals surface area contributed by atoms with Crippen LogP contribution in [0.25, 0.3) is 0 Å². The summed E-state index contributed by atoms with van der Waals surface area (Å²) in [5.41, 5.74) is 12.5. The molecule has 1 aliphatic rings. The Kier molecular flexibility index (Phi) is 4.04. The lowest BCUT2D eigenvalue weighted by molar-refractivity contribution is -0.122. The molecule has 1 aromatic rings. The van der Waals surface area contributed by atoms with Gasteiger partial charge >= 0.3 is 0 Å². The summed E-state index contributed by atoms with van der Waals surface area (Å²) >= 11 is 0. The van der Waals surface area contributed by atoms with Gasteiger partial charge in [-0.3, -0.25) is 4.79 Å². The summed E-state index contributed by atoms with van der Waals surface area (Å²) in [7, 11) is 0. The van der Waals surface area contributed by atoms with E-state index in [1.54, 1.807) is 13.0 Å². The molecule has 0 aromatic heterocycles. The lowest BCUT2D eigenvalue weighted by atomic mass is 9.94. The number of rotatable bonds is 3. The van der Waals surface area contributed by atoms with E-state index in [0.717, 1.165) is 5.69 Å². The summed E-state index contributed by atoms with van der Waals surface area (Å²) in [4.78, 5) is 13.2. The van der Waals surface area contributed by atoms with Crippen molar-refractivity contribution >= 4 is 11.6 Å². The van der Waals surface area contributed by atoms with Gasteiger partial charge in [0.25, 0.3) is 0 Å². The molecule has 1 heterocycles. The van der Waals surface area contributed by atoms with Crippen LogP contribution in [0.2, 0.25) is 0 Å². The van der Waals surface area contributed by atoms with E-state index in [1.807, 2.05) is 6.07 Å². The quantitative estimate of drug-likeness (QED) is 0.871. The van der Waals surface area contributed by atoms with Crippen LogP contribution >= 0.6 is 0 Å². The van der Waals surface area contributed by atoms with E-state index in [1.165, 1.54) is 6.07 Å². The predicted molar refractivity (Wildman–Crippen MR) is 73.1 cm³/mol. The molecule has 4 N–H and O–H groups in total. The fourth-order valence-electron chi connectivity index (χ4n) is 2.66. The fraction of sp³-hybridized carbons (Fsp3) is 0.500. The first-order valence-corrected chi connectivity index (χ1v) is 6.59. The number of hydrogen-bond donors (Lipinski definition) is 2. The molecular weight excluding hydrogens is 245 g/mol. The van der Waals surface area contributed by atoms with Crippen molar-refractivity contribution in [1.82, 2.24) is 0 Å². The second kappa shape index (κ2) is 5.57. The van der Waals surface area contributed by atoms with Gasteiger partial charge < -0.3 is 16.4 Å². The molecule has 1 aromatic carbocycles. The number of piperidine rings is 1. The summed E-state index contributed by atoms with van der Waals surface area (Å²) in [5.74, 6) is -0.584. The van der Waals surface area contributed by atoms with Gasteiger partial charge in [0.05, 0.1) is 0 Å². The Morgan fingerprint density at radius 1 is 1.42 bits per heavy atom. The fourth-order valence-corrected chi connectivity index (χ4v) is 2.66.